The van der Waals surface area contributed by atoms with Crippen LogP contribution in [0.25, 0.3) is 16.8 Å². The molecular formula is C29H20BrN3O6. The Hall–Kier alpha value is -5.01. The van der Waals surface area contributed by atoms with Crippen LogP contribution >= 0.6 is 15.9 Å². The Morgan fingerprint density at radius 2 is 1.82 bits per heavy atom. The first-order chi connectivity index (χ1) is 18.7. The number of aryl methyl sites for hydroxylation is 1. The molecule has 0 heterocycles. The molecule has 4 rings (SSSR count). The van der Waals surface area contributed by atoms with Crippen LogP contribution in [-0.2, 0) is 4.79 Å². The Morgan fingerprint density at radius 3 is 2.54 bits per heavy atom. The highest BCUT2D eigenvalue weighted by atomic mass is 79.9. The second-order valence-corrected chi connectivity index (χ2v) is 9.18. The summed E-state index contributed by atoms with van der Waals surface area (Å²) in [4.78, 5) is 36.4. The summed E-state index contributed by atoms with van der Waals surface area (Å²) in [5.74, 6) is -1.01. The van der Waals surface area contributed by atoms with Gasteiger partial charge in [-0.25, -0.2) is 4.79 Å². The number of hydrogen-bond donors (Lipinski definition) is 1. The molecule has 0 aliphatic rings. The fourth-order valence-corrected chi connectivity index (χ4v) is 4.38. The molecule has 1 N–H and O–H groups in total. The summed E-state index contributed by atoms with van der Waals surface area (Å²) in [6.45, 7) is 1.68. The number of esters is 1. The van der Waals surface area contributed by atoms with Gasteiger partial charge in [0.25, 0.3) is 11.6 Å². The second kappa shape index (κ2) is 11.6. The average molecular weight is 586 g/mol. The van der Waals surface area contributed by atoms with Crippen LogP contribution in [0.2, 0.25) is 0 Å². The number of halogens is 1. The first-order valence-electron chi connectivity index (χ1n) is 11.5. The van der Waals surface area contributed by atoms with Crippen LogP contribution in [0.15, 0.2) is 82.8 Å². The van der Waals surface area contributed by atoms with Crippen molar-refractivity contribution < 1.29 is 24.0 Å². The summed E-state index contributed by atoms with van der Waals surface area (Å²) in [7, 11) is 1.40. The molecule has 0 spiro atoms. The number of nitrogens with zero attached hydrogens (tertiary/aromatic N) is 2. The number of nitrogens with one attached hydrogen (secondary N) is 1. The molecule has 39 heavy (non-hydrogen) atoms. The van der Waals surface area contributed by atoms with E-state index in [4.69, 9.17) is 9.47 Å². The number of ether oxygens (including phenoxy) is 2. The van der Waals surface area contributed by atoms with E-state index in [1.54, 1.807) is 25.1 Å². The monoisotopic (exact) mass is 585 g/mol. The number of rotatable bonds is 7. The van der Waals surface area contributed by atoms with Crippen molar-refractivity contribution in [2.24, 2.45) is 0 Å². The number of nitro groups is 1. The maximum absolute atomic E-state index is 13.1. The van der Waals surface area contributed by atoms with E-state index in [-0.39, 0.29) is 28.4 Å². The molecule has 0 saturated heterocycles. The van der Waals surface area contributed by atoms with Crippen molar-refractivity contribution in [2.75, 3.05) is 12.4 Å². The first kappa shape index (κ1) is 27.0. The van der Waals surface area contributed by atoms with Crippen LogP contribution in [0, 0.1) is 28.4 Å². The maximum Gasteiger partial charge on any atom is 0.344 e. The van der Waals surface area contributed by atoms with Crippen molar-refractivity contribution >= 4 is 56.0 Å². The molecule has 0 aromatic heterocycles. The highest BCUT2D eigenvalue weighted by molar-refractivity contribution is 9.10. The molecule has 0 unspecified atom stereocenters. The topological polar surface area (TPSA) is 132 Å². The zero-order chi connectivity index (χ0) is 28.1. The first-order valence-corrected chi connectivity index (χ1v) is 12.3. The minimum absolute atomic E-state index is 0.128. The van der Waals surface area contributed by atoms with Crippen LogP contribution in [-0.4, -0.2) is 23.9 Å². The number of hydrogen-bond acceptors (Lipinski definition) is 7. The Kier molecular flexibility index (Phi) is 8.03. The third-order valence-electron chi connectivity index (χ3n) is 5.81. The number of amides is 1. The molecule has 9 nitrogen and oxygen atoms in total. The van der Waals surface area contributed by atoms with Gasteiger partial charge in [-0.15, -0.1) is 0 Å². The van der Waals surface area contributed by atoms with Crippen molar-refractivity contribution in [3.05, 3.63) is 110 Å². The molecule has 10 heteroatoms. The Balaban J connectivity index is 1.62. The molecule has 0 bridgehead atoms. The molecule has 0 radical (unpaired) electrons. The van der Waals surface area contributed by atoms with Gasteiger partial charge >= 0.3 is 5.97 Å². The molecule has 0 aliphatic heterocycles. The SMILES string of the molecule is COc1cc(/C=C(\C#N)C(=O)Nc2cc([N+](=O)[O-])ccc2C)cc(Br)c1OC(=O)c1cccc2ccccc12. The summed E-state index contributed by atoms with van der Waals surface area (Å²) in [6, 6.07) is 21.7. The maximum atomic E-state index is 13.1. The van der Waals surface area contributed by atoms with Gasteiger partial charge in [0.1, 0.15) is 11.6 Å². The predicted octanol–water partition coefficient (Wildman–Crippen LogP) is 6.59. The van der Waals surface area contributed by atoms with Crippen LogP contribution < -0.4 is 14.8 Å². The molecule has 0 aliphatic carbocycles. The summed E-state index contributed by atoms with van der Waals surface area (Å²) in [5.41, 5.74) is 1.14. The van der Waals surface area contributed by atoms with Gasteiger partial charge in [-0.2, -0.15) is 5.26 Å². The molecule has 4 aromatic carbocycles. The number of fused-ring (bicyclic) bond motifs is 1. The lowest BCUT2D eigenvalue weighted by Crippen LogP contribution is -2.14. The fraction of sp³-hybridized carbons (Fsp3) is 0.0690. The average Bonchev–Trinajstić information content (AvgIpc) is 2.93. The number of carbonyl (C=O) groups is 2. The van der Waals surface area contributed by atoms with E-state index in [0.717, 1.165) is 10.8 Å². The zero-order valence-corrected chi connectivity index (χ0v) is 22.3. The quantitative estimate of drug-likeness (QED) is 0.0645. The van der Waals surface area contributed by atoms with E-state index in [0.29, 0.717) is 21.2 Å². The van der Waals surface area contributed by atoms with Gasteiger partial charge in [-0.1, -0.05) is 42.5 Å². The lowest BCUT2D eigenvalue weighted by molar-refractivity contribution is -0.384. The van der Waals surface area contributed by atoms with E-state index in [9.17, 15) is 25.0 Å². The molecule has 0 atom stereocenters. The summed E-state index contributed by atoms with van der Waals surface area (Å²) < 4.78 is 11.5. The summed E-state index contributed by atoms with van der Waals surface area (Å²) in [6.07, 6.45) is 1.33. The number of anilines is 1. The highest BCUT2D eigenvalue weighted by Crippen LogP contribution is 2.38. The number of methoxy groups -OCH3 is 1. The van der Waals surface area contributed by atoms with E-state index in [1.165, 1.54) is 37.5 Å². The lowest BCUT2D eigenvalue weighted by atomic mass is 10.0. The molecule has 4 aromatic rings. The number of nitro benzene ring substituents is 1. The number of nitriles is 1. The van der Waals surface area contributed by atoms with Gasteiger partial charge in [0.15, 0.2) is 11.5 Å². The summed E-state index contributed by atoms with van der Waals surface area (Å²) >= 11 is 3.39. The van der Waals surface area contributed by atoms with E-state index >= 15 is 0 Å². The van der Waals surface area contributed by atoms with Gasteiger partial charge in [-0.3, -0.25) is 14.9 Å². The van der Waals surface area contributed by atoms with Crippen molar-refractivity contribution in [1.82, 2.24) is 0 Å². The fourth-order valence-electron chi connectivity index (χ4n) is 3.84. The van der Waals surface area contributed by atoms with Crippen LogP contribution in [0.4, 0.5) is 11.4 Å². The van der Waals surface area contributed by atoms with Crippen LogP contribution in [0.3, 0.4) is 0 Å². The van der Waals surface area contributed by atoms with E-state index in [1.807, 2.05) is 36.4 Å². The third-order valence-corrected chi connectivity index (χ3v) is 6.40. The molecule has 0 saturated carbocycles. The van der Waals surface area contributed by atoms with Gasteiger partial charge in [0, 0.05) is 12.1 Å². The van der Waals surface area contributed by atoms with Crippen molar-refractivity contribution in [3.63, 3.8) is 0 Å². The van der Waals surface area contributed by atoms with Gasteiger partial charge in [0.2, 0.25) is 0 Å². The Labute approximate surface area is 231 Å². The van der Waals surface area contributed by atoms with Crippen molar-refractivity contribution in [2.45, 2.75) is 6.92 Å². The van der Waals surface area contributed by atoms with Crippen LogP contribution in [0.5, 0.6) is 11.5 Å². The number of non-ortho nitro benzene ring substituents is 1. The summed E-state index contributed by atoms with van der Waals surface area (Å²) in [5, 5.41) is 24.9. The Bertz CT molecular complexity index is 1700. The number of benzene rings is 4. The number of carbonyl (C=O) groups excluding carboxylic acids is 2. The smallest absolute Gasteiger partial charge is 0.344 e. The third kappa shape index (κ3) is 5.95. The molecule has 0 fully saturated rings. The minimum Gasteiger partial charge on any atom is -0.493 e. The lowest BCUT2D eigenvalue weighted by Gasteiger charge is -2.13. The molecular weight excluding hydrogens is 566 g/mol. The van der Waals surface area contributed by atoms with Gasteiger partial charge in [0.05, 0.1) is 27.8 Å². The van der Waals surface area contributed by atoms with Crippen LogP contribution in [0.1, 0.15) is 21.5 Å². The molecule has 1 amide bonds. The van der Waals surface area contributed by atoms with E-state index < -0.39 is 16.8 Å². The van der Waals surface area contributed by atoms with E-state index in [2.05, 4.69) is 21.2 Å². The highest BCUT2D eigenvalue weighted by Gasteiger charge is 2.20. The predicted molar refractivity (Wildman–Crippen MR) is 150 cm³/mol. The zero-order valence-electron chi connectivity index (χ0n) is 20.7. The standard InChI is InChI=1S/C29H20BrN3O6/c1-17-10-11-21(33(36)37)15-25(17)32-28(34)20(16-31)12-18-13-24(30)27(26(14-18)38-2)39-29(35)23-9-5-7-19-6-3-4-8-22(19)23/h3-15H,1-2H3,(H,32,34)/b20-12+. The van der Waals surface area contributed by atoms with Crippen molar-refractivity contribution in [1.29, 1.82) is 5.26 Å². The Morgan fingerprint density at radius 1 is 1.08 bits per heavy atom. The normalized spacial score (nSPS) is 11.0. The minimum atomic E-state index is -0.748. The van der Waals surface area contributed by atoms with Crippen molar-refractivity contribution in [3.8, 4) is 17.6 Å². The largest absolute Gasteiger partial charge is 0.493 e. The van der Waals surface area contributed by atoms with Gasteiger partial charge < -0.3 is 14.8 Å². The molecule has 194 valence electrons. The second-order valence-electron chi connectivity index (χ2n) is 8.33. The van der Waals surface area contributed by atoms with Gasteiger partial charge in [-0.05, 0) is 69.0 Å².